The van der Waals surface area contributed by atoms with Gasteiger partial charge in [-0.25, -0.2) is 0 Å². The van der Waals surface area contributed by atoms with Gasteiger partial charge >= 0.3 is 0 Å². The largest absolute Gasteiger partial charge is 0.473 e. The predicted molar refractivity (Wildman–Crippen MR) is 167 cm³/mol. The fourth-order valence-electron chi connectivity index (χ4n) is 6.64. The average Bonchev–Trinajstić information content (AvgIpc) is 3.01. The molecule has 4 aromatic carbocycles. The van der Waals surface area contributed by atoms with Crippen LogP contribution in [0.1, 0.15) is 54.4 Å². The second-order valence-corrected chi connectivity index (χ2v) is 12.3. The predicted octanol–water partition coefficient (Wildman–Crippen LogP) is 8.23. The van der Waals surface area contributed by atoms with Gasteiger partial charge in [0.15, 0.2) is 13.5 Å². The molecule has 1 aliphatic carbocycles. The Labute approximate surface area is 247 Å². The fourth-order valence-corrected chi connectivity index (χ4v) is 6.94. The Morgan fingerprint density at radius 3 is 1.45 bits per heavy atom. The first-order valence-corrected chi connectivity index (χ1v) is 15.1. The number of nitrogens with zero attached hydrogens (tertiary/aromatic N) is 2. The van der Waals surface area contributed by atoms with Gasteiger partial charge in [-0.05, 0) is 96.8 Å². The van der Waals surface area contributed by atoms with E-state index in [1.807, 2.05) is 24.3 Å². The van der Waals surface area contributed by atoms with Crippen molar-refractivity contribution in [2.24, 2.45) is 0 Å². The standard InChI is InChI=1S/C34H34N2O2S2/c39-30-10-6-28(7-11-30)35-20-24-18-26(4-14-32(24)37-22-35)34(16-2-1-3-17-34)27-5-15-33-25(19-27)21-36(23-38-33)29-8-12-31(40)13-9-29/h4-15,18-19,39-40H,1-3,16-17,20-23H2. The van der Waals surface area contributed by atoms with Crippen molar-refractivity contribution in [3.05, 3.63) is 107 Å². The molecule has 0 atom stereocenters. The Bertz CT molecular complexity index is 1410. The van der Waals surface area contributed by atoms with E-state index in [0.29, 0.717) is 13.5 Å². The quantitative estimate of drug-likeness (QED) is 0.243. The monoisotopic (exact) mass is 566 g/mol. The van der Waals surface area contributed by atoms with Gasteiger partial charge < -0.3 is 19.3 Å². The number of anilines is 2. The second kappa shape index (κ2) is 10.6. The van der Waals surface area contributed by atoms with Gasteiger partial charge in [0, 0.05) is 50.8 Å². The molecule has 2 heterocycles. The molecule has 0 bridgehead atoms. The zero-order valence-electron chi connectivity index (χ0n) is 22.6. The molecule has 0 saturated heterocycles. The Balaban J connectivity index is 1.22. The van der Waals surface area contributed by atoms with Crippen LogP contribution in [0.5, 0.6) is 11.5 Å². The van der Waals surface area contributed by atoms with Crippen molar-refractivity contribution < 1.29 is 9.47 Å². The van der Waals surface area contributed by atoms with Crippen LogP contribution in [-0.4, -0.2) is 13.5 Å². The number of rotatable bonds is 4. The highest BCUT2D eigenvalue weighted by molar-refractivity contribution is 7.80. The van der Waals surface area contributed by atoms with Crippen LogP contribution in [0.4, 0.5) is 11.4 Å². The van der Waals surface area contributed by atoms with Crippen molar-refractivity contribution in [1.29, 1.82) is 0 Å². The van der Waals surface area contributed by atoms with E-state index in [1.54, 1.807) is 0 Å². The smallest absolute Gasteiger partial charge is 0.161 e. The number of ether oxygens (including phenoxy) is 2. The van der Waals surface area contributed by atoms with Crippen LogP contribution in [0.2, 0.25) is 0 Å². The van der Waals surface area contributed by atoms with Crippen LogP contribution in [-0.2, 0) is 18.5 Å². The van der Waals surface area contributed by atoms with Crippen LogP contribution in [0, 0.1) is 0 Å². The Morgan fingerprint density at radius 2 is 1.00 bits per heavy atom. The highest BCUT2D eigenvalue weighted by Gasteiger charge is 2.37. The van der Waals surface area contributed by atoms with E-state index in [0.717, 1.165) is 58.6 Å². The Kier molecular flexibility index (Phi) is 6.84. The molecular weight excluding hydrogens is 533 g/mol. The van der Waals surface area contributed by atoms with Crippen LogP contribution >= 0.6 is 25.3 Å². The molecule has 0 unspecified atom stereocenters. The molecule has 4 nitrogen and oxygen atoms in total. The van der Waals surface area contributed by atoms with E-state index in [4.69, 9.17) is 9.47 Å². The first-order chi connectivity index (χ1) is 19.6. The van der Waals surface area contributed by atoms with Gasteiger partial charge in [-0.15, -0.1) is 25.3 Å². The van der Waals surface area contributed by atoms with Crippen LogP contribution in [0.3, 0.4) is 0 Å². The summed E-state index contributed by atoms with van der Waals surface area (Å²) >= 11 is 8.90. The third-order valence-corrected chi connectivity index (χ3v) is 9.43. The van der Waals surface area contributed by atoms with Crippen LogP contribution < -0.4 is 19.3 Å². The Morgan fingerprint density at radius 1 is 0.550 bits per heavy atom. The summed E-state index contributed by atoms with van der Waals surface area (Å²) in [6.07, 6.45) is 6.10. The number of fused-ring (bicyclic) bond motifs is 2. The first kappa shape index (κ1) is 25.7. The summed E-state index contributed by atoms with van der Waals surface area (Å²) in [7, 11) is 0. The molecule has 1 fully saturated rings. The molecule has 0 spiro atoms. The van der Waals surface area contributed by atoms with Crippen LogP contribution in [0.25, 0.3) is 0 Å². The van der Waals surface area contributed by atoms with Gasteiger partial charge in [-0.1, -0.05) is 31.4 Å². The van der Waals surface area contributed by atoms with Crippen molar-refractivity contribution in [2.75, 3.05) is 23.3 Å². The highest BCUT2D eigenvalue weighted by atomic mass is 32.1. The molecular formula is C34H34N2O2S2. The third-order valence-electron chi connectivity index (χ3n) is 8.84. The summed E-state index contributed by atoms with van der Waals surface area (Å²) in [6, 6.07) is 30.5. The number of thiol groups is 2. The molecule has 1 saturated carbocycles. The van der Waals surface area contributed by atoms with Gasteiger partial charge in [0.05, 0.1) is 0 Å². The summed E-state index contributed by atoms with van der Waals surface area (Å²) in [5.74, 6) is 2.00. The van der Waals surface area contributed by atoms with E-state index in [1.165, 1.54) is 41.5 Å². The maximum absolute atomic E-state index is 6.22. The molecule has 2 aliphatic heterocycles. The summed E-state index contributed by atoms with van der Waals surface area (Å²) in [4.78, 5) is 6.52. The summed E-state index contributed by atoms with van der Waals surface area (Å²) in [5, 5.41) is 0. The average molecular weight is 567 g/mol. The van der Waals surface area contributed by atoms with Crippen molar-refractivity contribution in [1.82, 2.24) is 0 Å². The van der Waals surface area contributed by atoms with E-state index >= 15 is 0 Å². The van der Waals surface area contributed by atoms with Gasteiger partial charge in [0.2, 0.25) is 0 Å². The van der Waals surface area contributed by atoms with Crippen molar-refractivity contribution in [2.45, 2.75) is 60.4 Å². The molecule has 4 aromatic rings. The number of benzene rings is 4. The minimum Gasteiger partial charge on any atom is -0.473 e. The lowest BCUT2D eigenvalue weighted by atomic mass is 9.65. The zero-order chi connectivity index (χ0) is 27.1. The second-order valence-electron chi connectivity index (χ2n) is 11.3. The molecule has 204 valence electrons. The normalized spacial score (nSPS) is 17.9. The van der Waals surface area contributed by atoms with Gasteiger partial charge in [-0.2, -0.15) is 0 Å². The topological polar surface area (TPSA) is 24.9 Å². The van der Waals surface area contributed by atoms with Gasteiger partial charge in [-0.3, -0.25) is 0 Å². The van der Waals surface area contributed by atoms with Crippen molar-refractivity contribution in [3.63, 3.8) is 0 Å². The lowest BCUT2D eigenvalue weighted by Gasteiger charge is -2.40. The minimum atomic E-state index is -0.00574. The van der Waals surface area contributed by atoms with Crippen molar-refractivity contribution in [3.8, 4) is 11.5 Å². The van der Waals surface area contributed by atoms with Gasteiger partial charge in [0.1, 0.15) is 11.5 Å². The Hall–Kier alpha value is -3.22. The zero-order valence-corrected chi connectivity index (χ0v) is 24.3. The molecule has 0 radical (unpaired) electrons. The molecule has 0 amide bonds. The summed E-state index contributed by atoms with van der Waals surface area (Å²) < 4.78 is 12.4. The summed E-state index contributed by atoms with van der Waals surface area (Å²) in [6.45, 7) is 2.79. The molecule has 3 aliphatic rings. The lowest BCUT2D eigenvalue weighted by Crippen LogP contribution is -2.35. The molecule has 0 N–H and O–H groups in total. The number of hydrogen-bond donors (Lipinski definition) is 2. The van der Waals surface area contributed by atoms with E-state index in [-0.39, 0.29) is 5.41 Å². The van der Waals surface area contributed by atoms with E-state index < -0.39 is 0 Å². The maximum atomic E-state index is 6.22. The SMILES string of the molecule is Sc1ccc(N2COc3ccc(C4(c5ccc6c(c5)CN(c5ccc(S)cc5)CO6)CCCCC4)cc3C2)cc1. The van der Waals surface area contributed by atoms with Crippen LogP contribution in [0.15, 0.2) is 94.7 Å². The third kappa shape index (κ3) is 4.82. The fraction of sp³-hybridized carbons (Fsp3) is 0.294. The summed E-state index contributed by atoms with van der Waals surface area (Å²) in [5.41, 5.74) is 7.62. The van der Waals surface area contributed by atoms with E-state index in [2.05, 4.69) is 95.7 Å². The number of hydrogen-bond acceptors (Lipinski definition) is 6. The molecule has 0 aromatic heterocycles. The molecule has 7 rings (SSSR count). The molecule has 6 heteroatoms. The van der Waals surface area contributed by atoms with E-state index in [9.17, 15) is 0 Å². The lowest BCUT2D eigenvalue weighted by molar-refractivity contribution is 0.286. The molecule has 40 heavy (non-hydrogen) atoms. The highest BCUT2D eigenvalue weighted by Crippen LogP contribution is 2.47. The van der Waals surface area contributed by atoms with Gasteiger partial charge in [0.25, 0.3) is 0 Å². The first-order valence-electron chi connectivity index (χ1n) is 14.2. The van der Waals surface area contributed by atoms with Crippen molar-refractivity contribution >= 4 is 36.6 Å². The minimum absolute atomic E-state index is 0.00574. The maximum Gasteiger partial charge on any atom is 0.161 e.